The first-order valence-electron chi connectivity index (χ1n) is 11.3. The van der Waals surface area contributed by atoms with Crippen molar-refractivity contribution < 1.29 is 55.7 Å². The van der Waals surface area contributed by atoms with Gasteiger partial charge in [-0.3, -0.25) is 19.2 Å². The number of anilines is 1. The third-order valence-corrected chi connectivity index (χ3v) is 6.62. The molecule has 2 aliphatic heterocycles. The Morgan fingerprint density at radius 1 is 1.07 bits per heavy atom. The Kier molecular flexibility index (Phi) is 10.3. The van der Waals surface area contributed by atoms with Gasteiger partial charge in [0.25, 0.3) is 0 Å². The number of carboxylic acids is 2. The van der Waals surface area contributed by atoms with Gasteiger partial charge in [0.05, 0.1) is 24.0 Å². The van der Waals surface area contributed by atoms with Crippen LogP contribution < -0.4 is 4.90 Å². The van der Waals surface area contributed by atoms with Crippen LogP contribution in [0.1, 0.15) is 18.9 Å². The molecule has 1 atom stereocenters. The number of aryl methyl sites for hydroxylation is 1. The van der Waals surface area contributed by atoms with Gasteiger partial charge in [0.1, 0.15) is 6.54 Å². The van der Waals surface area contributed by atoms with Crippen LogP contribution in [0.3, 0.4) is 0 Å². The van der Waals surface area contributed by atoms with Gasteiger partial charge >= 0.3 is 24.3 Å². The van der Waals surface area contributed by atoms with Crippen molar-refractivity contribution in [2.75, 3.05) is 31.1 Å². The van der Waals surface area contributed by atoms with Crippen molar-refractivity contribution >= 4 is 40.8 Å². The van der Waals surface area contributed by atoms with Crippen molar-refractivity contribution in [3.63, 3.8) is 0 Å². The molecule has 4 rings (SSSR count). The summed E-state index contributed by atoms with van der Waals surface area (Å²) in [5.74, 6) is -5.59. The molecule has 2 amide bonds. The smallest absolute Gasteiger partial charge is 0.475 e. The lowest BCUT2D eigenvalue weighted by atomic mass is 9.92. The third kappa shape index (κ3) is 8.67. The number of carbonyl (C=O) groups is 4. The summed E-state index contributed by atoms with van der Waals surface area (Å²) in [7, 11) is 1.84. The van der Waals surface area contributed by atoms with Crippen molar-refractivity contribution in [1.82, 2.24) is 19.6 Å². The number of hydrogen-bond acceptors (Lipinski definition) is 7. The molecule has 0 radical (unpaired) electrons. The zero-order valence-corrected chi connectivity index (χ0v) is 21.9. The monoisotopic (exact) mass is 601 g/mol. The summed E-state index contributed by atoms with van der Waals surface area (Å²) in [5, 5.41) is 22.7. The summed E-state index contributed by atoms with van der Waals surface area (Å²) in [4.78, 5) is 48.7. The van der Waals surface area contributed by atoms with Crippen molar-refractivity contribution in [3.8, 4) is 0 Å². The van der Waals surface area contributed by atoms with Gasteiger partial charge in [-0.2, -0.15) is 42.8 Å². The molecule has 40 heavy (non-hydrogen) atoms. The SMILES string of the molecule is CC(=O)N1CC(=O)N(c2cnn(C)c2)CC12CCN(Cc1ccsc1)C2.O=C(O)C(F)(F)F.O=C(O)C(F)(F)F. The minimum Gasteiger partial charge on any atom is -0.475 e. The second kappa shape index (κ2) is 12.7. The minimum atomic E-state index is -5.08. The first kappa shape index (κ1) is 32.5. The van der Waals surface area contributed by atoms with Crippen LogP contribution in [0.25, 0.3) is 0 Å². The largest absolute Gasteiger partial charge is 0.490 e. The standard InChI is InChI=1S/C18H23N5O2S.2C2HF3O2/c1-14(24)23-10-17(25)22(16-7-19-20(2)9-16)13-18(23)4-5-21(12-18)8-15-3-6-26-11-15;2*3-2(4,5)1(6)7/h3,6-7,9,11H,4-5,8,10,12-13H2,1-2H3;2*(H,6,7). The maximum Gasteiger partial charge on any atom is 0.490 e. The number of amides is 2. The van der Waals surface area contributed by atoms with Crippen LogP contribution in [-0.2, 0) is 32.8 Å². The molecule has 2 aromatic heterocycles. The summed E-state index contributed by atoms with van der Waals surface area (Å²) in [6, 6.07) is 2.14. The van der Waals surface area contributed by atoms with Gasteiger partial charge in [0.15, 0.2) is 0 Å². The van der Waals surface area contributed by atoms with Crippen molar-refractivity contribution in [2.24, 2.45) is 7.05 Å². The number of thiophene rings is 1. The lowest BCUT2D eigenvalue weighted by Gasteiger charge is -2.48. The van der Waals surface area contributed by atoms with E-state index in [2.05, 4.69) is 26.8 Å². The van der Waals surface area contributed by atoms with Crippen molar-refractivity contribution in [2.45, 2.75) is 37.8 Å². The summed E-state index contributed by atoms with van der Waals surface area (Å²) < 4.78 is 65.2. The molecule has 2 saturated heterocycles. The number of likely N-dealkylation sites (tertiary alicyclic amines) is 1. The number of hydrogen-bond donors (Lipinski definition) is 2. The number of aromatic nitrogens is 2. The van der Waals surface area contributed by atoms with E-state index in [1.54, 1.807) is 38.9 Å². The Hall–Kier alpha value is -3.67. The molecular weight excluding hydrogens is 576 g/mol. The quantitative estimate of drug-likeness (QED) is 0.513. The van der Waals surface area contributed by atoms with E-state index in [4.69, 9.17) is 19.8 Å². The van der Waals surface area contributed by atoms with Crippen LogP contribution >= 0.6 is 11.3 Å². The van der Waals surface area contributed by atoms with Crippen LogP contribution in [0.5, 0.6) is 0 Å². The van der Waals surface area contributed by atoms with Crippen LogP contribution in [0.4, 0.5) is 32.0 Å². The molecule has 11 nitrogen and oxygen atoms in total. The Balaban J connectivity index is 0.000000333. The molecule has 222 valence electrons. The summed E-state index contributed by atoms with van der Waals surface area (Å²) in [5.41, 5.74) is 1.78. The van der Waals surface area contributed by atoms with E-state index >= 15 is 0 Å². The van der Waals surface area contributed by atoms with Gasteiger partial charge in [-0.25, -0.2) is 9.59 Å². The fraction of sp³-hybridized carbons (Fsp3) is 0.500. The van der Waals surface area contributed by atoms with E-state index < -0.39 is 24.3 Å². The Labute approximate surface area is 227 Å². The van der Waals surface area contributed by atoms with Gasteiger partial charge in [-0.15, -0.1) is 0 Å². The van der Waals surface area contributed by atoms with Gasteiger partial charge in [-0.1, -0.05) is 0 Å². The Morgan fingerprint density at radius 2 is 1.65 bits per heavy atom. The molecule has 0 aromatic carbocycles. The number of aliphatic carboxylic acids is 2. The van der Waals surface area contributed by atoms with Crippen LogP contribution in [0.15, 0.2) is 29.2 Å². The highest BCUT2D eigenvalue weighted by molar-refractivity contribution is 7.07. The van der Waals surface area contributed by atoms with E-state index in [1.807, 2.05) is 13.2 Å². The number of alkyl halides is 6. The minimum absolute atomic E-state index is 0.0263. The fourth-order valence-electron chi connectivity index (χ4n) is 4.15. The number of piperazine rings is 1. The van der Waals surface area contributed by atoms with Gasteiger partial charge < -0.3 is 20.0 Å². The molecule has 1 unspecified atom stereocenters. The highest BCUT2D eigenvalue weighted by Gasteiger charge is 2.50. The second-order valence-electron chi connectivity index (χ2n) is 8.88. The Bertz CT molecular complexity index is 1180. The van der Waals surface area contributed by atoms with Crippen molar-refractivity contribution in [3.05, 3.63) is 34.8 Å². The van der Waals surface area contributed by atoms with Gasteiger partial charge in [-0.05, 0) is 28.8 Å². The molecule has 1 spiro atoms. The molecule has 18 heteroatoms. The van der Waals surface area contributed by atoms with E-state index in [9.17, 15) is 35.9 Å². The number of nitrogens with zero attached hydrogens (tertiary/aromatic N) is 5. The number of carbonyl (C=O) groups excluding carboxylic acids is 2. The normalized spacial score (nSPS) is 19.6. The maximum atomic E-state index is 12.7. The molecule has 2 aliphatic rings. The molecule has 2 N–H and O–H groups in total. The zero-order chi connectivity index (χ0) is 30.5. The summed E-state index contributed by atoms with van der Waals surface area (Å²) >= 11 is 1.70. The molecule has 0 bridgehead atoms. The van der Waals surface area contributed by atoms with E-state index in [0.717, 1.165) is 31.7 Å². The summed E-state index contributed by atoms with van der Waals surface area (Å²) in [6.45, 7) is 4.82. The lowest BCUT2D eigenvalue weighted by Crippen LogP contribution is -2.66. The number of rotatable bonds is 3. The van der Waals surface area contributed by atoms with E-state index in [1.165, 1.54) is 5.56 Å². The zero-order valence-electron chi connectivity index (χ0n) is 21.1. The molecular formula is C22H25F6N5O6S. The maximum absolute atomic E-state index is 12.7. The third-order valence-electron chi connectivity index (χ3n) is 5.89. The lowest BCUT2D eigenvalue weighted by molar-refractivity contribution is -0.193. The van der Waals surface area contributed by atoms with E-state index in [0.29, 0.717) is 6.54 Å². The van der Waals surface area contributed by atoms with Gasteiger partial charge in [0.2, 0.25) is 11.8 Å². The number of carboxylic acid groups (broad SMARTS) is 2. The fourth-order valence-corrected chi connectivity index (χ4v) is 4.81. The topological polar surface area (TPSA) is 136 Å². The highest BCUT2D eigenvalue weighted by atomic mass is 32.1. The molecule has 4 heterocycles. The second-order valence-corrected chi connectivity index (χ2v) is 9.66. The highest BCUT2D eigenvalue weighted by Crippen LogP contribution is 2.35. The van der Waals surface area contributed by atoms with Crippen molar-refractivity contribution in [1.29, 1.82) is 0 Å². The van der Waals surface area contributed by atoms with Gasteiger partial charge in [0, 0.05) is 39.8 Å². The molecule has 0 saturated carbocycles. The van der Waals surface area contributed by atoms with Crippen LogP contribution in [-0.4, -0.2) is 97.6 Å². The first-order chi connectivity index (χ1) is 18.4. The van der Waals surface area contributed by atoms with E-state index in [-0.39, 0.29) is 23.9 Å². The molecule has 2 aromatic rings. The first-order valence-corrected chi connectivity index (χ1v) is 12.2. The average molecular weight is 602 g/mol. The van der Waals surface area contributed by atoms with Crippen LogP contribution in [0, 0.1) is 0 Å². The summed E-state index contributed by atoms with van der Waals surface area (Å²) in [6.07, 6.45) is -5.72. The predicted molar refractivity (Wildman–Crippen MR) is 127 cm³/mol. The molecule has 0 aliphatic carbocycles. The average Bonchev–Trinajstić information content (AvgIpc) is 3.57. The molecule has 2 fully saturated rings. The Morgan fingerprint density at radius 3 is 2.08 bits per heavy atom. The van der Waals surface area contributed by atoms with Crippen LogP contribution in [0.2, 0.25) is 0 Å². The predicted octanol–water partition coefficient (Wildman–Crippen LogP) is 2.59. The number of halogens is 6.